The van der Waals surface area contributed by atoms with E-state index < -0.39 is 0 Å². The van der Waals surface area contributed by atoms with Crippen molar-refractivity contribution in [3.63, 3.8) is 0 Å². The van der Waals surface area contributed by atoms with Crippen LogP contribution < -0.4 is 10.1 Å². The Kier molecular flexibility index (Phi) is 5.23. The monoisotopic (exact) mass is 262 g/mol. The van der Waals surface area contributed by atoms with Gasteiger partial charge in [0.2, 0.25) is 0 Å². The van der Waals surface area contributed by atoms with Gasteiger partial charge >= 0.3 is 0 Å². The van der Waals surface area contributed by atoms with Crippen molar-refractivity contribution in [2.45, 2.75) is 38.8 Å². The maximum absolute atomic E-state index is 5.70. The van der Waals surface area contributed by atoms with Gasteiger partial charge in [0.1, 0.15) is 5.75 Å². The predicted octanol–water partition coefficient (Wildman–Crippen LogP) is 2.83. The summed E-state index contributed by atoms with van der Waals surface area (Å²) in [6, 6.07) is 9.34. The summed E-state index contributed by atoms with van der Waals surface area (Å²) in [5.74, 6) is 1.00. The van der Waals surface area contributed by atoms with Gasteiger partial charge < -0.3 is 15.0 Å². The molecular formula is C16H26N2O. The summed E-state index contributed by atoms with van der Waals surface area (Å²) in [6.45, 7) is 7.25. The molecule has 2 unspecified atom stereocenters. The van der Waals surface area contributed by atoms with Gasteiger partial charge in [0, 0.05) is 24.2 Å². The molecule has 106 valence electrons. The second-order valence-corrected chi connectivity index (χ2v) is 5.38. The Morgan fingerprint density at radius 1 is 1.42 bits per heavy atom. The van der Waals surface area contributed by atoms with Crippen molar-refractivity contribution in [1.29, 1.82) is 0 Å². The molecule has 0 aromatic heterocycles. The second-order valence-electron chi connectivity index (χ2n) is 5.38. The lowest BCUT2D eigenvalue weighted by Crippen LogP contribution is -2.36. The van der Waals surface area contributed by atoms with E-state index in [9.17, 15) is 0 Å². The van der Waals surface area contributed by atoms with E-state index in [4.69, 9.17) is 4.74 Å². The molecule has 1 aliphatic rings. The van der Waals surface area contributed by atoms with Crippen LogP contribution in [-0.4, -0.2) is 37.7 Å². The minimum Gasteiger partial charge on any atom is -0.494 e. The summed E-state index contributed by atoms with van der Waals surface area (Å²) >= 11 is 0. The van der Waals surface area contributed by atoms with Gasteiger partial charge in [-0.1, -0.05) is 18.2 Å². The van der Waals surface area contributed by atoms with E-state index in [1.807, 2.05) is 13.0 Å². The van der Waals surface area contributed by atoms with Crippen LogP contribution in [0.25, 0.3) is 0 Å². The molecule has 2 atom stereocenters. The van der Waals surface area contributed by atoms with Crippen molar-refractivity contribution in [3.8, 4) is 5.75 Å². The topological polar surface area (TPSA) is 24.5 Å². The van der Waals surface area contributed by atoms with Crippen molar-refractivity contribution in [2.75, 3.05) is 26.7 Å². The largest absolute Gasteiger partial charge is 0.494 e. The van der Waals surface area contributed by atoms with Crippen molar-refractivity contribution >= 4 is 0 Å². The molecule has 2 rings (SSSR count). The highest BCUT2D eigenvalue weighted by Gasteiger charge is 2.21. The Hall–Kier alpha value is -1.06. The molecule has 1 aliphatic heterocycles. The first kappa shape index (κ1) is 14.4. The number of nitrogens with zero attached hydrogens (tertiary/aromatic N) is 1. The van der Waals surface area contributed by atoms with Crippen LogP contribution >= 0.6 is 0 Å². The minimum absolute atomic E-state index is 0.330. The number of nitrogens with one attached hydrogen (secondary N) is 1. The fourth-order valence-corrected chi connectivity index (χ4v) is 2.79. The average Bonchev–Trinajstić information content (AvgIpc) is 2.82. The van der Waals surface area contributed by atoms with E-state index in [1.54, 1.807) is 0 Å². The standard InChI is InChI=1S/C16H26N2O/c1-4-19-16-10-6-5-9-15(16)13(2)17-12-14-8-7-11-18(14)3/h5-6,9-10,13-14,17H,4,7-8,11-12H2,1-3H3. The van der Waals surface area contributed by atoms with Crippen molar-refractivity contribution in [3.05, 3.63) is 29.8 Å². The van der Waals surface area contributed by atoms with E-state index in [-0.39, 0.29) is 0 Å². The summed E-state index contributed by atoms with van der Waals surface area (Å²) in [7, 11) is 2.22. The quantitative estimate of drug-likeness (QED) is 0.853. The van der Waals surface area contributed by atoms with Gasteiger partial charge in [-0.05, 0) is 46.3 Å². The third-order valence-electron chi connectivity index (χ3n) is 4.02. The smallest absolute Gasteiger partial charge is 0.124 e. The molecule has 1 saturated heterocycles. The lowest BCUT2D eigenvalue weighted by atomic mass is 10.1. The molecule has 0 amide bonds. The molecule has 1 aromatic rings. The van der Waals surface area contributed by atoms with E-state index in [0.29, 0.717) is 12.1 Å². The Labute approximate surface area is 116 Å². The number of hydrogen-bond acceptors (Lipinski definition) is 3. The molecule has 0 spiro atoms. The number of likely N-dealkylation sites (tertiary alicyclic amines) is 1. The summed E-state index contributed by atoms with van der Waals surface area (Å²) < 4.78 is 5.70. The van der Waals surface area contributed by atoms with Gasteiger partial charge in [-0.2, -0.15) is 0 Å². The summed E-state index contributed by atoms with van der Waals surface area (Å²) in [5.41, 5.74) is 1.25. The molecule has 1 heterocycles. The molecule has 1 N–H and O–H groups in total. The minimum atomic E-state index is 0.330. The molecule has 3 heteroatoms. The summed E-state index contributed by atoms with van der Waals surface area (Å²) in [4.78, 5) is 2.45. The van der Waals surface area contributed by atoms with E-state index in [1.165, 1.54) is 24.9 Å². The van der Waals surface area contributed by atoms with Gasteiger partial charge in [0.15, 0.2) is 0 Å². The number of ether oxygens (including phenoxy) is 1. The van der Waals surface area contributed by atoms with E-state index in [0.717, 1.165) is 18.9 Å². The van der Waals surface area contributed by atoms with Gasteiger partial charge in [-0.15, -0.1) is 0 Å². The number of para-hydroxylation sites is 1. The van der Waals surface area contributed by atoms with Crippen molar-refractivity contribution < 1.29 is 4.74 Å². The highest BCUT2D eigenvalue weighted by Crippen LogP contribution is 2.25. The Morgan fingerprint density at radius 3 is 2.89 bits per heavy atom. The first-order chi connectivity index (χ1) is 9.22. The zero-order valence-corrected chi connectivity index (χ0v) is 12.4. The summed E-state index contributed by atoms with van der Waals surface area (Å²) in [5, 5.41) is 3.65. The molecular weight excluding hydrogens is 236 g/mol. The average molecular weight is 262 g/mol. The molecule has 3 nitrogen and oxygen atoms in total. The highest BCUT2D eigenvalue weighted by atomic mass is 16.5. The van der Waals surface area contributed by atoms with Crippen molar-refractivity contribution in [1.82, 2.24) is 10.2 Å². The summed E-state index contributed by atoms with van der Waals surface area (Å²) in [6.07, 6.45) is 2.64. The molecule has 0 saturated carbocycles. The second kappa shape index (κ2) is 6.92. The zero-order valence-electron chi connectivity index (χ0n) is 12.4. The third-order valence-corrected chi connectivity index (χ3v) is 4.02. The number of hydrogen-bond donors (Lipinski definition) is 1. The van der Waals surface area contributed by atoms with Gasteiger partial charge in [-0.25, -0.2) is 0 Å². The number of benzene rings is 1. The Morgan fingerprint density at radius 2 is 2.21 bits per heavy atom. The van der Waals surface area contributed by atoms with Crippen molar-refractivity contribution in [2.24, 2.45) is 0 Å². The van der Waals surface area contributed by atoms with Gasteiger partial charge in [-0.3, -0.25) is 0 Å². The first-order valence-electron chi connectivity index (χ1n) is 7.37. The fourth-order valence-electron chi connectivity index (χ4n) is 2.79. The van der Waals surface area contributed by atoms with Crippen LogP contribution in [0.2, 0.25) is 0 Å². The Bertz CT molecular complexity index is 394. The lowest BCUT2D eigenvalue weighted by Gasteiger charge is -2.23. The molecule has 0 bridgehead atoms. The SMILES string of the molecule is CCOc1ccccc1C(C)NCC1CCCN1C. The van der Waals surface area contributed by atoms with Crippen LogP contribution in [-0.2, 0) is 0 Å². The van der Waals surface area contributed by atoms with Crippen LogP contribution in [0.3, 0.4) is 0 Å². The number of rotatable bonds is 6. The van der Waals surface area contributed by atoms with E-state index >= 15 is 0 Å². The maximum atomic E-state index is 5.70. The van der Waals surface area contributed by atoms with Crippen LogP contribution in [0.5, 0.6) is 5.75 Å². The normalized spacial score (nSPS) is 21.5. The molecule has 1 aromatic carbocycles. The van der Waals surface area contributed by atoms with Gasteiger partial charge in [0.25, 0.3) is 0 Å². The Balaban J connectivity index is 1.93. The number of likely N-dealkylation sites (N-methyl/N-ethyl adjacent to an activating group) is 1. The fraction of sp³-hybridized carbons (Fsp3) is 0.625. The zero-order chi connectivity index (χ0) is 13.7. The van der Waals surface area contributed by atoms with Crippen LogP contribution in [0.1, 0.15) is 38.3 Å². The molecule has 0 radical (unpaired) electrons. The highest BCUT2D eigenvalue weighted by molar-refractivity contribution is 5.35. The van der Waals surface area contributed by atoms with Crippen LogP contribution in [0, 0.1) is 0 Å². The van der Waals surface area contributed by atoms with E-state index in [2.05, 4.69) is 42.4 Å². The molecule has 19 heavy (non-hydrogen) atoms. The van der Waals surface area contributed by atoms with Gasteiger partial charge in [0.05, 0.1) is 6.61 Å². The van der Waals surface area contributed by atoms with Crippen LogP contribution in [0.4, 0.5) is 0 Å². The van der Waals surface area contributed by atoms with Crippen LogP contribution in [0.15, 0.2) is 24.3 Å². The predicted molar refractivity (Wildman–Crippen MR) is 79.7 cm³/mol. The molecule has 0 aliphatic carbocycles. The lowest BCUT2D eigenvalue weighted by molar-refractivity contribution is 0.290. The third kappa shape index (κ3) is 3.71. The maximum Gasteiger partial charge on any atom is 0.124 e. The molecule has 1 fully saturated rings. The first-order valence-corrected chi connectivity index (χ1v) is 7.37.